The highest BCUT2D eigenvalue weighted by atomic mass is 32.2. The van der Waals surface area contributed by atoms with Gasteiger partial charge in [-0.1, -0.05) is 91.0 Å². The van der Waals surface area contributed by atoms with E-state index in [0.717, 1.165) is 27.2 Å². The van der Waals surface area contributed by atoms with E-state index in [1.807, 2.05) is 85.7 Å². The van der Waals surface area contributed by atoms with Crippen molar-refractivity contribution in [2.75, 3.05) is 14.1 Å². The van der Waals surface area contributed by atoms with Crippen LogP contribution in [0.25, 0.3) is 10.5 Å². The first-order chi connectivity index (χ1) is 14.6. The lowest BCUT2D eigenvalue weighted by atomic mass is 9.86. The molecule has 0 bridgehead atoms. The first-order valence-electron chi connectivity index (χ1n) is 9.94. The number of nitro groups is 1. The van der Waals surface area contributed by atoms with Gasteiger partial charge in [-0.2, -0.15) is 0 Å². The number of likely N-dealkylation sites (N-methyl/N-ethyl adjacent to an activating group) is 1. The molecule has 0 fully saturated rings. The maximum Gasteiger partial charge on any atom is 0.248 e. The highest BCUT2D eigenvalue weighted by molar-refractivity contribution is 8.08. The Labute approximate surface area is 181 Å². The fourth-order valence-corrected chi connectivity index (χ4v) is 5.73. The van der Waals surface area contributed by atoms with Crippen molar-refractivity contribution >= 4 is 22.2 Å². The van der Waals surface area contributed by atoms with E-state index in [9.17, 15) is 10.1 Å². The number of nitrogens with zero attached hydrogens (tertiary/aromatic N) is 2. The zero-order chi connectivity index (χ0) is 21.1. The van der Waals surface area contributed by atoms with Crippen molar-refractivity contribution in [3.05, 3.63) is 118 Å². The van der Waals surface area contributed by atoms with E-state index in [-0.39, 0.29) is 16.2 Å². The summed E-state index contributed by atoms with van der Waals surface area (Å²) in [5.41, 5.74) is 4.12. The van der Waals surface area contributed by atoms with E-state index in [0.29, 0.717) is 0 Å². The average Bonchev–Trinajstić information content (AvgIpc) is 2.79. The predicted molar refractivity (Wildman–Crippen MR) is 125 cm³/mol. The third-order valence-electron chi connectivity index (χ3n) is 5.47. The van der Waals surface area contributed by atoms with Gasteiger partial charge in [0.15, 0.2) is 0 Å². The van der Waals surface area contributed by atoms with E-state index in [4.69, 9.17) is 0 Å². The zero-order valence-electron chi connectivity index (χ0n) is 17.0. The largest absolute Gasteiger partial charge is 0.296 e. The van der Waals surface area contributed by atoms with Crippen LogP contribution in [-0.2, 0) is 0 Å². The minimum absolute atomic E-state index is 0.0972. The van der Waals surface area contributed by atoms with E-state index in [1.54, 1.807) is 11.8 Å². The molecule has 3 aromatic carbocycles. The van der Waals surface area contributed by atoms with Gasteiger partial charge in [0.25, 0.3) is 0 Å². The third kappa shape index (κ3) is 3.91. The molecule has 5 heteroatoms. The van der Waals surface area contributed by atoms with Gasteiger partial charge in [0.1, 0.15) is 11.3 Å². The topological polar surface area (TPSA) is 46.4 Å². The maximum atomic E-state index is 12.4. The summed E-state index contributed by atoms with van der Waals surface area (Å²) in [4.78, 5) is 15.4. The van der Waals surface area contributed by atoms with Crippen molar-refractivity contribution in [1.82, 2.24) is 4.90 Å². The number of benzene rings is 3. The molecule has 0 radical (unpaired) electrons. The lowest BCUT2D eigenvalue weighted by Gasteiger charge is -2.39. The van der Waals surface area contributed by atoms with E-state index >= 15 is 0 Å². The average molecular weight is 417 g/mol. The Morgan fingerprint density at radius 3 is 1.80 bits per heavy atom. The van der Waals surface area contributed by atoms with Crippen LogP contribution in [0.4, 0.5) is 0 Å². The molecule has 3 aromatic rings. The molecule has 0 saturated carbocycles. The lowest BCUT2D eigenvalue weighted by Crippen LogP contribution is -2.48. The molecule has 0 aliphatic carbocycles. The number of hydrogen-bond acceptors (Lipinski definition) is 4. The van der Waals surface area contributed by atoms with Gasteiger partial charge >= 0.3 is 0 Å². The SMILES string of the molecule is CN(C)C1C(c2ccccc2)=C(c2ccccc2)SC(c2ccccc2)C1[N+](=O)[O-]. The number of thioether (sulfide) groups is 1. The molecule has 3 unspecified atom stereocenters. The molecule has 0 N–H and O–H groups in total. The van der Waals surface area contributed by atoms with Gasteiger partial charge < -0.3 is 0 Å². The second-order valence-corrected chi connectivity index (χ2v) is 8.76. The van der Waals surface area contributed by atoms with Gasteiger partial charge in [0, 0.05) is 9.83 Å². The summed E-state index contributed by atoms with van der Waals surface area (Å²) in [7, 11) is 3.87. The van der Waals surface area contributed by atoms with E-state index in [2.05, 4.69) is 24.3 Å². The van der Waals surface area contributed by atoms with Crippen molar-refractivity contribution < 1.29 is 4.92 Å². The second-order valence-electron chi connectivity index (χ2n) is 7.61. The molecule has 0 aromatic heterocycles. The molecule has 1 aliphatic rings. The minimum atomic E-state index is -0.768. The van der Waals surface area contributed by atoms with Crippen LogP contribution in [0.5, 0.6) is 0 Å². The Kier molecular flexibility index (Phi) is 6.02. The van der Waals surface area contributed by atoms with Crippen LogP contribution < -0.4 is 0 Å². The molecule has 3 atom stereocenters. The lowest BCUT2D eigenvalue weighted by molar-refractivity contribution is -0.527. The van der Waals surface area contributed by atoms with Gasteiger partial charge in [0.05, 0.1) is 0 Å². The first kappa shape index (κ1) is 20.4. The van der Waals surface area contributed by atoms with Crippen LogP contribution >= 0.6 is 11.8 Å². The highest BCUT2D eigenvalue weighted by Crippen LogP contribution is 2.53. The summed E-state index contributed by atoms with van der Waals surface area (Å²) in [6, 6.07) is 29.0. The smallest absolute Gasteiger partial charge is 0.248 e. The molecule has 1 aliphatic heterocycles. The Balaban J connectivity index is 1.99. The van der Waals surface area contributed by atoms with Gasteiger partial charge in [-0.15, -0.1) is 11.8 Å². The van der Waals surface area contributed by atoms with Crippen LogP contribution in [-0.4, -0.2) is 36.0 Å². The normalized spacial score (nSPS) is 21.6. The molecule has 4 rings (SSSR count). The molecular formula is C25H24N2O2S. The molecule has 0 saturated heterocycles. The van der Waals surface area contributed by atoms with Crippen molar-refractivity contribution in [2.45, 2.75) is 17.3 Å². The number of hydrogen-bond donors (Lipinski definition) is 0. The molecular weight excluding hydrogens is 392 g/mol. The second kappa shape index (κ2) is 8.86. The quantitative estimate of drug-likeness (QED) is 0.400. The summed E-state index contributed by atoms with van der Waals surface area (Å²) in [6.07, 6.45) is 0. The fraction of sp³-hybridized carbons (Fsp3) is 0.200. The maximum absolute atomic E-state index is 12.4. The first-order valence-corrected chi connectivity index (χ1v) is 10.8. The van der Waals surface area contributed by atoms with Crippen LogP contribution in [0.15, 0.2) is 91.0 Å². The highest BCUT2D eigenvalue weighted by Gasteiger charge is 2.49. The number of rotatable bonds is 5. The molecule has 30 heavy (non-hydrogen) atoms. The van der Waals surface area contributed by atoms with Crippen molar-refractivity contribution in [3.63, 3.8) is 0 Å². The molecule has 1 heterocycles. The molecule has 4 nitrogen and oxygen atoms in total. The molecule has 0 spiro atoms. The minimum Gasteiger partial charge on any atom is -0.296 e. The van der Waals surface area contributed by atoms with Crippen LogP contribution in [0.2, 0.25) is 0 Å². The van der Waals surface area contributed by atoms with Crippen LogP contribution in [0, 0.1) is 10.1 Å². The standard InChI is InChI=1S/C25H24N2O2S/c1-26(2)22-21(18-12-6-3-7-13-18)24(19-14-8-4-9-15-19)30-25(23(22)27(28)29)20-16-10-5-11-17-20/h3-17,22-23,25H,1-2H3. The Morgan fingerprint density at radius 2 is 1.30 bits per heavy atom. The molecule has 0 amide bonds. The summed E-state index contributed by atoms with van der Waals surface area (Å²) in [6.45, 7) is 0. The molecule has 152 valence electrons. The Hall–Kier alpha value is -2.89. The Morgan fingerprint density at radius 1 is 0.800 bits per heavy atom. The zero-order valence-corrected chi connectivity index (χ0v) is 17.8. The van der Waals surface area contributed by atoms with E-state index in [1.165, 1.54) is 0 Å². The van der Waals surface area contributed by atoms with Crippen molar-refractivity contribution in [1.29, 1.82) is 0 Å². The van der Waals surface area contributed by atoms with Crippen molar-refractivity contribution in [3.8, 4) is 0 Å². The summed E-state index contributed by atoms with van der Waals surface area (Å²) < 4.78 is 0. The van der Waals surface area contributed by atoms with Crippen LogP contribution in [0.1, 0.15) is 21.9 Å². The van der Waals surface area contributed by atoms with Crippen molar-refractivity contribution in [2.24, 2.45) is 0 Å². The Bertz CT molecular complexity index is 1040. The van der Waals surface area contributed by atoms with Gasteiger partial charge in [0.2, 0.25) is 6.04 Å². The summed E-state index contributed by atoms with van der Waals surface area (Å²) >= 11 is 1.61. The van der Waals surface area contributed by atoms with Gasteiger partial charge in [-0.05, 0) is 36.4 Å². The van der Waals surface area contributed by atoms with Gasteiger partial charge in [-0.25, -0.2) is 0 Å². The van der Waals surface area contributed by atoms with Gasteiger partial charge in [-0.3, -0.25) is 15.0 Å². The summed E-state index contributed by atoms with van der Waals surface area (Å²) in [5, 5.41) is 12.1. The predicted octanol–water partition coefficient (Wildman–Crippen LogP) is 5.62. The third-order valence-corrected chi connectivity index (χ3v) is 6.96. The van der Waals surface area contributed by atoms with E-state index < -0.39 is 6.04 Å². The monoisotopic (exact) mass is 416 g/mol. The fourth-order valence-electron chi connectivity index (χ4n) is 4.16. The van der Waals surface area contributed by atoms with Crippen LogP contribution in [0.3, 0.4) is 0 Å². The summed E-state index contributed by atoms with van der Waals surface area (Å²) in [5.74, 6) is 0.